The number of hydrogen-bond acceptors (Lipinski definition) is 4. The Morgan fingerprint density at radius 2 is 1.62 bits per heavy atom. The van der Waals surface area contributed by atoms with Gasteiger partial charge in [0.15, 0.2) is 0 Å². The molecule has 0 bridgehead atoms. The van der Waals surface area contributed by atoms with Gasteiger partial charge >= 0.3 is 0 Å². The number of anilines is 2. The topological polar surface area (TPSA) is 85.1 Å². The van der Waals surface area contributed by atoms with Crippen molar-refractivity contribution in [1.29, 1.82) is 0 Å². The SMILES string of the molecule is CCC(Sc1cccc(NC(=O)c2ccccc2C)c1)C(=O)Nc1c(C)n(C)n(-c2ccccc2)c1=O. The lowest BCUT2D eigenvalue weighted by atomic mass is 10.1. The van der Waals surface area contributed by atoms with E-state index in [1.807, 2.05) is 93.6 Å². The highest BCUT2D eigenvalue weighted by Crippen LogP contribution is 2.29. The number of para-hydroxylation sites is 1. The second-order valence-corrected chi connectivity index (χ2v) is 10.0. The summed E-state index contributed by atoms with van der Waals surface area (Å²) < 4.78 is 3.28. The molecule has 2 amide bonds. The first-order chi connectivity index (χ1) is 17.8. The van der Waals surface area contributed by atoms with Gasteiger partial charge in [0.05, 0.1) is 16.6 Å². The number of carbonyl (C=O) groups excluding carboxylic acids is 2. The average Bonchev–Trinajstić information content (AvgIpc) is 3.11. The summed E-state index contributed by atoms with van der Waals surface area (Å²) in [4.78, 5) is 40.0. The quantitative estimate of drug-likeness (QED) is 0.302. The number of hydrogen-bond donors (Lipinski definition) is 2. The second kappa shape index (κ2) is 11.3. The molecule has 2 N–H and O–H groups in total. The lowest BCUT2D eigenvalue weighted by Gasteiger charge is -2.15. The largest absolute Gasteiger partial charge is 0.322 e. The van der Waals surface area contributed by atoms with Crippen LogP contribution in [0.4, 0.5) is 11.4 Å². The molecular formula is C29H30N4O3S. The standard InChI is InChI=1S/C29H30N4O3S/c1-5-25(28(35)31-26-20(3)32(4)33(29(26)36)22-14-7-6-8-15-22)37-23-16-11-13-21(18-23)30-27(34)24-17-10-9-12-19(24)2/h6-18,25H,5H2,1-4H3,(H,30,34)(H,31,35). The fourth-order valence-corrected chi connectivity index (χ4v) is 5.09. The summed E-state index contributed by atoms with van der Waals surface area (Å²) in [5, 5.41) is 5.39. The smallest absolute Gasteiger partial charge is 0.295 e. The van der Waals surface area contributed by atoms with Crippen LogP contribution in [0.5, 0.6) is 0 Å². The molecule has 0 aliphatic carbocycles. The van der Waals surface area contributed by atoms with Crippen molar-refractivity contribution in [2.45, 2.75) is 37.3 Å². The Kier molecular flexibility index (Phi) is 7.98. The van der Waals surface area contributed by atoms with Crippen molar-refractivity contribution in [3.63, 3.8) is 0 Å². The Labute approximate surface area is 220 Å². The third-order valence-electron chi connectivity index (χ3n) is 6.23. The van der Waals surface area contributed by atoms with Crippen LogP contribution in [-0.4, -0.2) is 26.4 Å². The predicted molar refractivity (Wildman–Crippen MR) is 150 cm³/mol. The van der Waals surface area contributed by atoms with Gasteiger partial charge < -0.3 is 10.6 Å². The van der Waals surface area contributed by atoms with E-state index in [9.17, 15) is 14.4 Å². The van der Waals surface area contributed by atoms with E-state index in [2.05, 4.69) is 10.6 Å². The van der Waals surface area contributed by atoms with E-state index >= 15 is 0 Å². The van der Waals surface area contributed by atoms with Crippen molar-refractivity contribution in [3.05, 3.63) is 106 Å². The molecule has 4 rings (SSSR count). The van der Waals surface area contributed by atoms with Crippen LogP contribution in [0.2, 0.25) is 0 Å². The summed E-state index contributed by atoms with van der Waals surface area (Å²) >= 11 is 1.40. The number of nitrogens with one attached hydrogen (secondary N) is 2. The molecule has 1 heterocycles. The molecular weight excluding hydrogens is 484 g/mol. The molecule has 8 heteroatoms. The number of aryl methyl sites for hydroxylation is 1. The minimum absolute atomic E-state index is 0.181. The zero-order valence-corrected chi connectivity index (χ0v) is 22.1. The van der Waals surface area contributed by atoms with Gasteiger partial charge in [0, 0.05) is 23.2 Å². The van der Waals surface area contributed by atoms with Crippen LogP contribution >= 0.6 is 11.8 Å². The Bertz CT molecular complexity index is 1490. The van der Waals surface area contributed by atoms with E-state index in [1.54, 1.807) is 22.5 Å². The normalized spacial score (nSPS) is 11.7. The Morgan fingerprint density at radius 1 is 0.919 bits per heavy atom. The molecule has 0 saturated carbocycles. The predicted octanol–water partition coefficient (Wildman–Crippen LogP) is 5.55. The maximum absolute atomic E-state index is 13.2. The van der Waals surface area contributed by atoms with E-state index in [1.165, 1.54) is 11.8 Å². The van der Waals surface area contributed by atoms with Gasteiger partial charge in [-0.15, -0.1) is 11.8 Å². The maximum atomic E-state index is 13.2. The van der Waals surface area contributed by atoms with Crippen molar-refractivity contribution in [2.75, 3.05) is 10.6 Å². The van der Waals surface area contributed by atoms with E-state index in [-0.39, 0.29) is 23.1 Å². The van der Waals surface area contributed by atoms with Gasteiger partial charge in [-0.1, -0.05) is 49.4 Å². The first kappa shape index (κ1) is 26.0. The van der Waals surface area contributed by atoms with Crippen molar-refractivity contribution >= 4 is 35.0 Å². The number of benzene rings is 3. The highest BCUT2D eigenvalue weighted by atomic mass is 32.2. The van der Waals surface area contributed by atoms with Crippen LogP contribution < -0.4 is 16.2 Å². The van der Waals surface area contributed by atoms with Crippen molar-refractivity contribution in [3.8, 4) is 5.69 Å². The van der Waals surface area contributed by atoms with Gasteiger partial charge in [-0.05, 0) is 62.2 Å². The fourth-order valence-electron chi connectivity index (χ4n) is 4.08. The van der Waals surface area contributed by atoms with Crippen LogP contribution in [0.15, 0.2) is 88.6 Å². The monoisotopic (exact) mass is 514 g/mol. The highest BCUT2D eigenvalue weighted by molar-refractivity contribution is 8.00. The number of thioether (sulfide) groups is 1. The van der Waals surface area contributed by atoms with E-state index in [4.69, 9.17) is 0 Å². The second-order valence-electron chi connectivity index (χ2n) is 8.74. The van der Waals surface area contributed by atoms with Crippen molar-refractivity contribution in [2.24, 2.45) is 7.05 Å². The summed E-state index contributed by atoms with van der Waals surface area (Å²) in [5.41, 5.74) is 3.56. The summed E-state index contributed by atoms with van der Waals surface area (Å²) in [6.45, 7) is 5.64. The summed E-state index contributed by atoms with van der Waals surface area (Å²) in [6.07, 6.45) is 0.565. The third kappa shape index (κ3) is 5.70. The van der Waals surface area contributed by atoms with Gasteiger partial charge in [-0.2, -0.15) is 0 Å². The maximum Gasteiger partial charge on any atom is 0.295 e. The molecule has 0 spiro atoms. The van der Waals surface area contributed by atoms with Crippen molar-refractivity contribution < 1.29 is 9.59 Å². The Morgan fingerprint density at radius 3 is 2.32 bits per heavy atom. The number of nitrogens with zero attached hydrogens (tertiary/aromatic N) is 2. The molecule has 37 heavy (non-hydrogen) atoms. The Balaban J connectivity index is 1.49. The number of amides is 2. The minimum atomic E-state index is -0.425. The molecule has 0 fully saturated rings. The average molecular weight is 515 g/mol. The summed E-state index contributed by atoms with van der Waals surface area (Å²) in [5.74, 6) is -0.424. The molecule has 1 unspecified atom stereocenters. The summed E-state index contributed by atoms with van der Waals surface area (Å²) in [7, 11) is 1.79. The lowest BCUT2D eigenvalue weighted by Crippen LogP contribution is -2.28. The highest BCUT2D eigenvalue weighted by Gasteiger charge is 2.23. The molecule has 1 aromatic heterocycles. The lowest BCUT2D eigenvalue weighted by molar-refractivity contribution is -0.115. The van der Waals surface area contributed by atoms with E-state index in [0.29, 0.717) is 23.4 Å². The van der Waals surface area contributed by atoms with Crippen LogP contribution in [0.25, 0.3) is 5.69 Å². The summed E-state index contributed by atoms with van der Waals surface area (Å²) in [6, 6.07) is 24.2. The first-order valence-electron chi connectivity index (χ1n) is 12.1. The van der Waals surface area contributed by atoms with Gasteiger partial charge in [0.2, 0.25) is 5.91 Å². The van der Waals surface area contributed by atoms with Crippen LogP contribution in [0.1, 0.15) is 35.0 Å². The van der Waals surface area contributed by atoms with Crippen LogP contribution in [0, 0.1) is 13.8 Å². The minimum Gasteiger partial charge on any atom is -0.322 e. The van der Waals surface area contributed by atoms with E-state index < -0.39 is 5.25 Å². The van der Waals surface area contributed by atoms with Gasteiger partial charge in [-0.3, -0.25) is 19.1 Å². The van der Waals surface area contributed by atoms with Gasteiger partial charge in [-0.25, -0.2) is 4.68 Å². The zero-order chi connectivity index (χ0) is 26.5. The fraction of sp³-hybridized carbons (Fsp3) is 0.207. The van der Waals surface area contributed by atoms with Crippen LogP contribution in [0.3, 0.4) is 0 Å². The molecule has 0 aliphatic rings. The molecule has 7 nitrogen and oxygen atoms in total. The molecule has 3 aromatic carbocycles. The van der Waals surface area contributed by atoms with Gasteiger partial charge in [0.25, 0.3) is 11.5 Å². The molecule has 190 valence electrons. The van der Waals surface area contributed by atoms with Crippen molar-refractivity contribution in [1.82, 2.24) is 9.36 Å². The van der Waals surface area contributed by atoms with Crippen LogP contribution in [-0.2, 0) is 11.8 Å². The molecule has 0 aliphatic heterocycles. The first-order valence-corrected chi connectivity index (χ1v) is 13.0. The number of rotatable bonds is 8. The molecule has 0 saturated heterocycles. The number of carbonyl (C=O) groups is 2. The molecule has 1 atom stereocenters. The van der Waals surface area contributed by atoms with Gasteiger partial charge in [0.1, 0.15) is 5.69 Å². The Hall–Kier alpha value is -4.04. The molecule has 0 radical (unpaired) electrons. The third-order valence-corrected chi connectivity index (χ3v) is 7.58. The van der Waals surface area contributed by atoms with E-state index in [0.717, 1.165) is 16.1 Å². The number of aromatic nitrogens is 2. The zero-order valence-electron chi connectivity index (χ0n) is 21.3. The molecule has 4 aromatic rings.